The normalized spacial score (nSPS) is 15.5. The number of hydrogen-bond donors (Lipinski definition) is 1. The van der Waals surface area contributed by atoms with Gasteiger partial charge in [0.15, 0.2) is 6.61 Å². The SMILES string of the molecule is O=C(COc1ccccc1)NCC(=O)S[C@H]1CC(=O)N1C(Cl)C(=O)OCc1ccc([N+](=O)[O-])cc1. The van der Waals surface area contributed by atoms with Crippen LogP contribution in [0.5, 0.6) is 5.75 Å². The van der Waals surface area contributed by atoms with E-state index in [1.165, 1.54) is 24.3 Å². The van der Waals surface area contributed by atoms with Gasteiger partial charge < -0.3 is 19.7 Å². The van der Waals surface area contributed by atoms with Crippen molar-refractivity contribution in [2.45, 2.75) is 23.9 Å². The number of hydrogen-bond acceptors (Lipinski definition) is 9. The number of nitrogens with one attached hydrogen (secondary N) is 1. The number of para-hydroxylation sites is 1. The number of esters is 1. The van der Waals surface area contributed by atoms with Gasteiger partial charge in [-0.3, -0.25) is 24.5 Å². The number of amides is 2. The molecule has 2 aromatic rings. The lowest BCUT2D eigenvalue weighted by atomic mass is 10.2. The molecule has 1 heterocycles. The fourth-order valence-corrected chi connectivity index (χ4v) is 4.32. The lowest BCUT2D eigenvalue weighted by molar-refractivity contribution is -0.384. The van der Waals surface area contributed by atoms with Crippen molar-refractivity contribution < 1.29 is 33.6 Å². The van der Waals surface area contributed by atoms with Gasteiger partial charge in [0.25, 0.3) is 11.6 Å². The number of nitro groups is 1. The van der Waals surface area contributed by atoms with Gasteiger partial charge in [-0.05, 0) is 29.8 Å². The minimum Gasteiger partial charge on any atom is -0.484 e. The van der Waals surface area contributed by atoms with Crippen molar-refractivity contribution in [3.05, 3.63) is 70.3 Å². The molecule has 1 aliphatic rings. The van der Waals surface area contributed by atoms with Crippen LogP contribution in [0.4, 0.5) is 5.69 Å². The standard InChI is InChI=1S/C22H20ClN3O8S/c23-21(22(30)34-12-14-6-8-15(9-7-14)26(31)32)25-18(28)10-19(25)35-20(29)11-24-17(27)13-33-16-4-2-1-3-5-16/h1-9,19,21H,10-13H2,(H,24,27)/t19-,21?/m0/s1. The third kappa shape index (κ3) is 7.42. The molecule has 2 aromatic carbocycles. The molecule has 3 rings (SSSR count). The third-order valence-electron chi connectivity index (χ3n) is 4.72. The summed E-state index contributed by atoms with van der Waals surface area (Å²) < 4.78 is 10.4. The first-order valence-corrected chi connectivity index (χ1v) is 11.6. The lowest BCUT2D eigenvalue weighted by Gasteiger charge is -2.41. The Morgan fingerprint density at radius 3 is 2.49 bits per heavy atom. The molecular weight excluding hydrogens is 502 g/mol. The lowest BCUT2D eigenvalue weighted by Crippen LogP contribution is -2.57. The van der Waals surface area contributed by atoms with Crippen LogP contribution >= 0.6 is 23.4 Å². The second-order valence-electron chi connectivity index (χ2n) is 7.20. The number of non-ortho nitro benzene ring substituents is 1. The molecule has 0 spiro atoms. The number of β-lactam (4-membered cyclic amide) rings is 1. The van der Waals surface area contributed by atoms with Crippen molar-refractivity contribution in [3.8, 4) is 5.75 Å². The van der Waals surface area contributed by atoms with Gasteiger partial charge in [-0.2, -0.15) is 0 Å². The molecule has 1 unspecified atom stereocenters. The Morgan fingerprint density at radius 1 is 1.17 bits per heavy atom. The molecule has 2 atom stereocenters. The van der Waals surface area contributed by atoms with Gasteiger partial charge >= 0.3 is 5.97 Å². The maximum Gasteiger partial charge on any atom is 0.345 e. The smallest absolute Gasteiger partial charge is 0.345 e. The van der Waals surface area contributed by atoms with Crippen molar-refractivity contribution in [2.24, 2.45) is 0 Å². The highest BCUT2D eigenvalue weighted by molar-refractivity contribution is 8.14. The number of carbonyl (C=O) groups excluding carboxylic acids is 4. The van der Waals surface area contributed by atoms with Crippen molar-refractivity contribution in [2.75, 3.05) is 13.2 Å². The second kappa shape index (κ2) is 12.2. The van der Waals surface area contributed by atoms with Crippen LogP contribution < -0.4 is 10.1 Å². The summed E-state index contributed by atoms with van der Waals surface area (Å²) in [7, 11) is 0. The quantitative estimate of drug-likeness (QED) is 0.117. The van der Waals surface area contributed by atoms with Crippen molar-refractivity contribution >= 4 is 51.9 Å². The summed E-state index contributed by atoms with van der Waals surface area (Å²) in [5.74, 6) is -1.31. The highest BCUT2D eigenvalue weighted by Gasteiger charge is 2.45. The minimum absolute atomic E-state index is 0.000321. The second-order valence-corrected chi connectivity index (χ2v) is 8.84. The van der Waals surface area contributed by atoms with Crippen LogP contribution in [-0.4, -0.2) is 56.7 Å². The molecule has 35 heavy (non-hydrogen) atoms. The molecule has 2 amide bonds. The number of thioether (sulfide) groups is 1. The van der Waals surface area contributed by atoms with Crippen molar-refractivity contribution in [1.82, 2.24) is 10.2 Å². The zero-order valence-corrected chi connectivity index (χ0v) is 19.7. The minimum atomic E-state index is -1.45. The maximum absolute atomic E-state index is 12.3. The summed E-state index contributed by atoms with van der Waals surface area (Å²) in [5.41, 5.74) is -1.06. The molecular formula is C22H20ClN3O8S. The van der Waals surface area contributed by atoms with E-state index in [4.69, 9.17) is 21.1 Å². The number of carbonyl (C=O) groups is 4. The summed E-state index contributed by atoms with van der Waals surface area (Å²) in [6.07, 6.45) is 0.000321. The summed E-state index contributed by atoms with van der Waals surface area (Å²) in [5, 5.41) is 12.0. The Labute approximate surface area is 208 Å². The average Bonchev–Trinajstić information content (AvgIpc) is 2.85. The molecule has 1 saturated heterocycles. The van der Waals surface area contributed by atoms with E-state index >= 15 is 0 Å². The Morgan fingerprint density at radius 2 is 1.86 bits per heavy atom. The fourth-order valence-electron chi connectivity index (χ4n) is 2.90. The van der Waals surface area contributed by atoms with Crippen LogP contribution in [0, 0.1) is 10.1 Å². The van der Waals surface area contributed by atoms with Crippen LogP contribution in [-0.2, 0) is 30.5 Å². The zero-order chi connectivity index (χ0) is 25.4. The topological polar surface area (TPSA) is 145 Å². The van der Waals surface area contributed by atoms with Gasteiger partial charge in [0.2, 0.25) is 16.5 Å². The number of ether oxygens (including phenoxy) is 2. The molecule has 0 aromatic heterocycles. The monoisotopic (exact) mass is 521 g/mol. The molecule has 0 saturated carbocycles. The molecule has 11 nitrogen and oxygen atoms in total. The van der Waals surface area contributed by atoms with Gasteiger partial charge in [0, 0.05) is 12.1 Å². The van der Waals surface area contributed by atoms with Gasteiger partial charge in [0.1, 0.15) is 12.4 Å². The Bertz CT molecular complexity index is 1100. The van der Waals surface area contributed by atoms with Crippen LogP contribution in [0.2, 0.25) is 0 Å². The largest absolute Gasteiger partial charge is 0.484 e. The van der Waals surface area contributed by atoms with E-state index in [1.807, 2.05) is 0 Å². The van der Waals surface area contributed by atoms with Crippen molar-refractivity contribution in [3.63, 3.8) is 0 Å². The van der Waals surface area contributed by atoms with Crippen LogP contribution in [0.25, 0.3) is 0 Å². The first-order chi connectivity index (χ1) is 16.7. The molecule has 0 aliphatic carbocycles. The summed E-state index contributed by atoms with van der Waals surface area (Å²) in [6.45, 7) is -0.756. The van der Waals surface area contributed by atoms with E-state index in [0.29, 0.717) is 11.3 Å². The molecule has 0 bridgehead atoms. The molecule has 1 fully saturated rings. The third-order valence-corrected chi connectivity index (χ3v) is 6.19. The molecule has 1 N–H and O–H groups in total. The molecule has 1 aliphatic heterocycles. The Hall–Kier alpha value is -3.64. The number of likely N-dealkylation sites (tertiary alicyclic amines) is 1. The average molecular weight is 522 g/mol. The van der Waals surface area contributed by atoms with Crippen molar-refractivity contribution in [1.29, 1.82) is 0 Å². The first-order valence-electron chi connectivity index (χ1n) is 10.2. The van der Waals surface area contributed by atoms with Gasteiger partial charge in [0.05, 0.1) is 23.3 Å². The van der Waals surface area contributed by atoms with E-state index in [2.05, 4.69) is 5.32 Å². The van der Waals surface area contributed by atoms with E-state index in [9.17, 15) is 29.3 Å². The summed E-state index contributed by atoms with van der Waals surface area (Å²) >= 11 is 6.87. The summed E-state index contributed by atoms with van der Waals surface area (Å²) in [6, 6.07) is 14.1. The van der Waals surface area contributed by atoms with E-state index in [1.54, 1.807) is 30.3 Å². The number of nitro benzene ring substituents is 1. The van der Waals surface area contributed by atoms with Crippen LogP contribution in [0.3, 0.4) is 0 Å². The maximum atomic E-state index is 12.3. The predicted molar refractivity (Wildman–Crippen MR) is 125 cm³/mol. The highest BCUT2D eigenvalue weighted by Crippen LogP contribution is 2.33. The van der Waals surface area contributed by atoms with Gasteiger partial charge in [-0.15, -0.1) is 0 Å². The zero-order valence-electron chi connectivity index (χ0n) is 18.1. The predicted octanol–water partition coefficient (Wildman–Crippen LogP) is 2.22. The van der Waals surface area contributed by atoms with Gasteiger partial charge in [-0.1, -0.05) is 41.6 Å². The number of halogens is 1. The van der Waals surface area contributed by atoms with E-state index < -0.39 is 38.7 Å². The number of rotatable bonds is 11. The van der Waals surface area contributed by atoms with E-state index in [-0.39, 0.29) is 31.9 Å². The van der Waals surface area contributed by atoms with Crippen LogP contribution in [0.1, 0.15) is 12.0 Å². The van der Waals surface area contributed by atoms with Gasteiger partial charge in [-0.25, -0.2) is 4.79 Å². The molecule has 13 heteroatoms. The number of benzene rings is 2. The first kappa shape index (κ1) is 26.0. The highest BCUT2D eigenvalue weighted by atomic mass is 35.5. The van der Waals surface area contributed by atoms with E-state index in [0.717, 1.165) is 16.7 Å². The number of nitrogens with zero attached hydrogens (tertiary/aromatic N) is 2. The Balaban J connectivity index is 1.41. The Kier molecular flexibility index (Phi) is 9.04. The summed E-state index contributed by atoms with van der Waals surface area (Å²) in [4.78, 5) is 59.5. The fraction of sp³-hybridized carbons (Fsp3) is 0.273. The molecule has 184 valence electrons. The molecule has 0 radical (unpaired) electrons. The van der Waals surface area contributed by atoms with Crippen LogP contribution in [0.15, 0.2) is 54.6 Å². The number of alkyl halides is 1.